The molecule has 110 valence electrons. The summed E-state index contributed by atoms with van der Waals surface area (Å²) in [4.78, 5) is 9.68. The van der Waals surface area contributed by atoms with Crippen LogP contribution in [0.5, 0.6) is 0 Å². The van der Waals surface area contributed by atoms with Gasteiger partial charge in [0.2, 0.25) is 0 Å². The molecule has 0 rings (SSSR count). The van der Waals surface area contributed by atoms with Gasteiger partial charge in [0.1, 0.15) is 0 Å². The van der Waals surface area contributed by atoms with E-state index >= 15 is 0 Å². The van der Waals surface area contributed by atoms with Crippen LogP contribution < -0.4 is 0 Å². The van der Waals surface area contributed by atoms with Crippen molar-refractivity contribution in [2.24, 2.45) is 0 Å². The molecular formula is C8H18Cl2O6P2. The molecular weight excluding hydrogens is 325 g/mol. The lowest BCUT2D eigenvalue weighted by atomic mass is 10.3. The molecule has 1 atom stereocenters. The predicted octanol–water partition coefficient (Wildman–Crippen LogP) is 3.95. The Morgan fingerprint density at radius 1 is 1.17 bits per heavy atom. The number of halogens is 2. The van der Waals surface area contributed by atoms with Crippen LogP contribution in [0.2, 0.25) is 0 Å². The zero-order chi connectivity index (χ0) is 14.4. The molecule has 0 aliphatic carbocycles. The molecule has 1 N–H and O–H groups in total. The lowest BCUT2D eigenvalue weighted by Gasteiger charge is -2.29. The molecule has 0 aromatic carbocycles. The molecule has 0 aromatic rings. The average molecular weight is 343 g/mol. The third-order valence-corrected chi connectivity index (χ3v) is 9.01. The van der Waals surface area contributed by atoms with Crippen LogP contribution in [0.3, 0.4) is 0 Å². The molecule has 0 bridgehead atoms. The average Bonchev–Trinajstić information content (AvgIpc) is 2.33. The molecule has 0 aliphatic rings. The summed E-state index contributed by atoms with van der Waals surface area (Å²) in [6, 6.07) is 0. The maximum atomic E-state index is 12.0. The van der Waals surface area contributed by atoms with Crippen molar-refractivity contribution in [1.82, 2.24) is 0 Å². The molecule has 0 radical (unpaired) electrons. The standard InChI is InChI=1S/C8H18Cl2O6P2/c1-4-5-6-7-16-17(11,12)8(9,10)18(13,14-2)15-3/h4-7H2,1-3H3,(H,11,12). The SMILES string of the molecule is CCCCCOP(=O)(O)C(Cl)(Cl)P(=O)(OC)OC. The molecule has 0 aromatic heterocycles. The van der Waals surface area contributed by atoms with E-state index in [1.54, 1.807) is 0 Å². The van der Waals surface area contributed by atoms with E-state index in [0.29, 0.717) is 6.42 Å². The van der Waals surface area contributed by atoms with Crippen LogP contribution in [0.25, 0.3) is 0 Å². The van der Waals surface area contributed by atoms with Crippen molar-refractivity contribution in [2.45, 2.75) is 30.0 Å². The van der Waals surface area contributed by atoms with E-state index < -0.39 is 19.0 Å². The predicted molar refractivity (Wildman–Crippen MR) is 71.4 cm³/mol. The monoisotopic (exact) mass is 342 g/mol. The fraction of sp³-hybridized carbons (Fsp3) is 1.00. The number of hydrogen-bond acceptors (Lipinski definition) is 5. The van der Waals surface area contributed by atoms with Crippen LogP contribution in [0.4, 0.5) is 0 Å². The molecule has 0 saturated carbocycles. The smallest absolute Gasteiger partial charge is 0.322 e. The van der Waals surface area contributed by atoms with Crippen LogP contribution in [0.1, 0.15) is 26.2 Å². The van der Waals surface area contributed by atoms with Crippen molar-refractivity contribution in [3.05, 3.63) is 0 Å². The molecule has 0 aliphatic heterocycles. The lowest BCUT2D eigenvalue weighted by molar-refractivity contribution is 0.240. The molecule has 10 heteroatoms. The topological polar surface area (TPSA) is 82.1 Å². The highest BCUT2D eigenvalue weighted by Crippen LogP contribution is 2.79. The van der Waals surface area contributed by atoms with Gasteiger partial charge in [0.15, 0.2) is 0 Å². The highest BCUT2D eigenvalue weighted by molar-refractivity contribution is 7.79. The van der Waals surface area contributed by atoms with Crippen molar-refractivity contribution < 1.29 is 27.6 Å². The van der Waals surface area contributed by atoms with Crippen LogP contribution in [-0.2, 0) is 22.7 Å². The minimum atomic E-state index is -4.57. The minimum absolute atomic E-state index is 0.0176. The Hall–Kier alpha value is 0.880. The van der Waals surface area contributed by atoms with E-state index in [-0.39, 0.29) is 6.61 Å². The summed E-state index contributed by atoms with van der Waals surface area (Å²) in [5.74, 6) is 0. The zero-order valence-corrected chi connectivity index (χ0v) is 13.8. The van der Waals surface area contributed by atoms with Gasteiger partial charge in [0, 0.05) is 14.2 Å². The molecule has 0 amide bonds. The number of hydrogen-bond donors (Lipinski definition) is 1. The van der Waals surface area contributed by atoms with Crippen LogP contribution in [-0.4, -0.2) is 29.5 Å². The van der Waals surface area contributed by atoms with Crippen molar-refractivity contribution in [3.8, 4) is 0 Å². The maximum absolute atomic E-state index is 12.0. The van der Waals surface area contributed by atoms with Gasteiger partial charge in [-0.15, -0.1) is 0 Å². The summed E-state index contributed by atoms with van der Waals surface area (Å²) in [5, 5.41) is 0. The molecule has 6 nitrogen and oxygen atoms in total. The van der Waals surface area contributed by atoms with E-state index in [0.717, 1.165) is 27.1 Å². The van der Waals surface area contributed by atoms with Gasteiger partial charge >= 0.3 is 19.0 Å². The molecule has 18 heavy (non-hydrogen) atoms. The Kier molecular flexibility index (Phi) is 7.98. The largest absolute Gasteiger partial charge is 0.378 e. The summed E-state index contributed by atoms with van der Waals surface area (Å²) in [6.07, 6.45) is 2.31. The molecule has 0 spiro atoms. The first kappa shape index (κ1) is 18.9. The van der Waals surface area contributed by atoms with Gasteiger partial charge in [0.05, 0.1) is 6.61 Å². The summed E-state index contributed by atoms with van der Waals surface area (Å²) in [6.45, 7) is 1.95. The van der Waals surface area contributed by atoms with Crippen LogP contribution in [0.15, 0.2) is 0 Å². The van der Waals surface area contributed by atoms with E-state index in [2.05, 4.69) is 9.05 Å². The first-order chi connectivity index (χ1) is 8.18. The molecule has 1 unspecified atom stereocenters. The maximum Gasteiger partial charge on any atom is 0.378 e. The van der Waals surface area contributed by atoms with Crippen molar-refractivity contribution in [1.29, 1.82) is 0 Å². The molecule has 0 fully saturated rings. The van der Waals surface area contributed by atoms with Gasteiger partial charge in [0.25, 0.3) is 0 Å². The number of alkyl halides is 2. The van der Waals surface area contributed by atoms with Gasteiger partial charge in [-0.25, -0.2) is 0 Å². The van der Waals surface area contributed by atoms with Gasteiger partial charge in [-0.2, -0.15) is 0 Å². The van der Waals surface area contributed by atoms with Gasteiger partial charge < -0.3 is 18.5 Å². The zero-order valence-electron chi connectivity index (χ0n) is 10.5. The van der Waals surface area contributed by atoms with E-state index in [9.17, 15) is 14.0 Å². The summed E-state index contributed by atoms with van der Waals surface area (Å²) < 4.78 is 35.0. The quantitative estimate of drug-likeness (QED) is 0.388. The highest BCUT2D eigenvalue weighted by Gasteiger charge is 2.62. The van der Waals surface area contributed by atoms with Crippen molar-refractivity contribution in [2.75, 3.05) is 20.8 Å². The first-order valence-electron chi connectivity index (χ1n) is 5.25. The second kappa shape index (κ2) is 7.61. The first-order valence-corrected chi connectivity index (χ1v) is 9.13. The Morgan fingerprint density at radius 2 is 1.67 bits per heavy atom. The lowest BCUT2D eigenvalue weighted by Crippen LogP contribution is -2.18. The summed E-state index contributed by atoms with van der Waals surface area (Å²) in [5.41, 5.74) is 0. The molecule has 0 heterocycles. The normalized spacial score (nSPS) is 16.6. The van der Waals surface area contributed by atoms with E-state index in [1.165, 1.54) is 0 Å². The fourth-order valence-electron chi connectivity index (χ4n) is 1.07. The Labute approximate surface area is 117 Å². The minimum Gasteiger partial charge on any atom is -0.322 e. The Balaban J connectivity index is 4.85. The van der Waals surface area contributed by atoms with Gasteiger partial charge in [-0.1, -0.05) is 43.0 Å². The third kappa shape index (κ3) is 4.19. The van der Waals surface area contributed by atoms with Crippen LogP contribution >= 0.6 is 38.4 Å². The molecule has 0 saturated heterocycles. The second-order valence-electron chi connectivity index (χ2n) is 3.43. The number of unbranched alkanes of at least 4 members (excludes halogenated alkanes) is 2. The highest BCUT2D eigenvalue weighted by atomic mass is 35.5. The van der Waals surface area contributed by atoms with Crippen molar-refractivity contribution in [3.63, 3.8) is 0 Å². The van der Waals surface area contributed by atoms with Gasteiger partial charge in [-0.05, 0) is 6.42 Å². The van der Waals surface area contributed by atoms with Gasteiger partial charge in [-0.3, -0.25) is 9.13 Å². The van der Waals surface area contributed by atoms with E-state index in [1.807, 2.05) is 6.92 Å². The Morgan fingerprint density at radius 3 is 2.06 bits per heavy atom. The van der Waals surface area contributed by atoms with E-state index in [4.69, 9.17) is 27.7 Å². The fourth-order valence-corrected chi connectivity index (χ4v) is 5.21. The van der Waals surface area contributed by atoms with Crippen molar-refractivity contribution >= 4 is 38.4 Å². The summed E-state index contributed by atoms with van der Waals surface area (Å²) in [7, 11) is -6.71. The summed E-state index contributed by atoms with van der Waals surface area (Å²) >= 11 is 11.3. The third-order valence-electron chi connectivity index (χ3n) is 2.16. The second-order valence-corrected chi connectivity index (χ2v) is 10.5. The Bertz CT molecular complexity index is 340. The van der Waals surface area contributed by atoms with Crippen LogP contribution in [0, 0.1) is 0 Å². The number of rotatable bonds is 9.